The zero-order chi connectivity index (χ0) is 13.3. The van der Waals surface area contributed by atoms with E-state index in [4.69, 9.17) is 5.73 Å². The van der Waals surface area contributed by atoms with Gasteiger partial charge in [-0.15, -0.1) is 0 Å². The molecule has 1 amide bonds. The molecule has 1 aromatic carbocycles. The lowest BCUT2D eigenvalue weighted by molar-refractivity contribution is -0.114. The topological polar surface area (TPSA) is 92.5 Å². The minimum Gasteiger partial charge on any atom is -0.325 e. The Bertz CT molecular complexity index is 583. The molecule has 0 aliphatic carbocycles. The summed E-state index contributed by atoms with van der Waals surface area (Å²) in [7, 11) is -3.23. The highest BCUT2D eigenvalue weighted by Gasteiger charge is 2.26. The van der Waals surface area contributed by atoms with Crippen molar-refractivity contribution in [2.24, 2.45) is 5.73 Å². The van der Waals surface area contributed by atoms with Crippen LogP contribution in [-0.4, -0.2) is 33.7 Å². The molecule has 18 heavy (non-hydrogen) atoms. The molecule has 0 radical (unpaired) electrons. The Kier molecular flexibility index (Phi) is 3.27. The smallest absolute Gasteiger partial charge is 0.238 e. The Balaban J connectivity index is 2.28. The maximum Gasteiger partial charge on any atom is 0.238 e. The lowest BCUT2D eigenvalue weighted by atomic mass is 10.1. The summed E-state index contributed by atoms with van der Waals surface area (Å²) in [5, 5.41) is 2.64. The van der Waals surface area contributed by atoms with Crippen molar-refractivity contribution in [1.82, 2.24) is 0 Å². The predicted octanol–water partition coefficient (Wildman–Crippen LogP) is -0.0941. The number of carbonyl (C=O) groups is 1. The van der Waals surface area contributed by atoms with Crippen LogP contribution in [0.1, 0.15) is 5.56 Å². The van der Waals surface area contributed by atoms with Crippen LogP contribution in [0.15, 0.2) is 18.2 Å². The average molecular weight is 269 g/mol. The standard InChI is InChI=1S/C11H15N3O3S/c1-18(16,17)14-5-4-8-6-9(2-3-10(8)14)13-11(15)7-12/h2-3,6H,4-5,7,12H2,1H3,(H,13,15). The van der Waals surface area contributed by atoms with E-state index < -0.39 is 10.0 Å². The minimum atomic E-state index is -3.23. The van der Waals surface area contributed by atoms with Gasteiger partial charge in [-0.3, -0.25) is 9.10 Å². The van der Waals surface area contributed by atoms with Crippen molar-refractivity contribution in [2.45, 2.75) is 6.42 Å². The Morgan fingerprint density at radius 3 is 2.83 bits per heavy atom. The molecule has 3 N–H and O–H groups in total. The van der Waals surface area contributed by atoms with E-state index in [1.807, 2.05) is 0 Å². The molecule has 0 fully saturated rings. The van der Waals surface area contributed by atoms with E-state index in [0.29, 0.717) is 24.3 Å². The van der Waals surface area contributed by atoms with Crippen molar-refractivity contribution >= 4 is 27.3 Å². The maximum absolute atomic E-state index is 11.5. The molecule has 1 aromatic rings. The van der Waals surface area contributed by atoms with Crippen LogP contribution in [0.4, 0.5) is 11.4 Å². The van der Waals surface area contributed by atoms with Crippen LogP contribution in [0, 0.1) is 0 Å². The fourth-order valence-corrected chi connectivity index (χ4v) is 2.96. The lowest BCUT2D eigenvalue weighted by Gasteiger charge is -2.16. The molecule has 0 spiro atoms. The lowest BCUT2D eigenvalue weighted by Crippen LogP contribution is -2.27. The maximum atomic E-state index is 11.5. The highest BCUT2D eigenvalue weighted by molar-refractivity contribution is 7.92. The van der Waals surface area contributed by atoms with Gasteiger partial charge in [0.2, 0.25) is 15.9 Å². The van der Waals surface area contributed by atoms with Crippen molar-refractivity contribution in [3.63, 3.8) is 0 Å². The van der Waals surface area contributed by atoms with Gasteiger partial charge < -0.3 is 11.1 Å². The molecule has 0 bridgehead atoms. The third-order valence-corrected chi connectivity index (χ3v) is 3.98. The van der Waals surface area contributed by atoms with Crippen LogP contribution >= 0.6 is 0 Å². The van der Waals surface area contributed by atoms with Gasteiger partial charge in [-0.2, -0.15) is 0 Å². The monoisotopic (exact) mass is 269 g/mol. The molecule has 98 valence electrons. The van der Waals surface area contributed by atoms with E-state index in [1.54, 1.807) is 18.2 Å². The summed E-state index contributed by atoms with van der Waals surface area (Å²) in [6.45, 7) is 0.370. The molecular weight excluding hydrogens is 254 g/mol. The number of carbonyl (C=O) groups excluding carboxylic acids is 1. The number of nitrogens with zero attached hydrogens (tertiary/aromatic N) is 1. The van der Waals surface area contributed by atoms with Gasteiger partial charge in [0, 0.05) is 12.2 Å². The van der Waals surface area contributed by atoms with Gasteiger partial charge in [0.25, 0.3) is 0 Å². The molecule has 2 rings (SSSR count). The first kappa shape index (κ1) is 12.8. The second kappa shape index (κ2) is 4.58. The summed E-state index contributed by atoms with van der Waals surface area (Å²) in [4.78, 5) is 11.2. The van der Waals surface area contributed by atoms with Gasteiger partial charge in [0.1, 0.15) is 0 Å². The van der Waals surface area contributed by atoms with Crippen LogP contribution in [0.5, 0.6) is 0 Å². The summed E-state index contributed by atoms with van der Waals surface area (Å²) >= 11 is 0. The van der Waals surface area contributed by atoms with E-state index in [1.165, 1.54) is 10.6 Å². The van der Waals surface area contributed by atoms with Crippen LogP contribution in [-0.2, 0) is 21.2 Å². The Morgan fingerprint density at radius 2 is 2.22 bits per heavy atom. The first-order valence-corrected chi connectivity index (χ1v) is 7.37. The second-order valence-corrected chi connectivity index (χ2v) is 6.09. The molecule has 0 atom stereocenters. The Morgan fingerprint density at radius 1 is 1.50 bits per heavy atom. The van der Waals surface area contributed by atoms with Crippen molar-refractivity contribution < 1.29 is 13.2 Å². The van der Waals surface area contributed by atoms with Crippen molar-refractivity contribution in [3.8, 4) is 0 Å². The van der Waals surface area contributed by atoms with Crippen molar-refractivity contribution in [1.29, 1.82) is 0 Å². The summed E-state index contributed by atoms with van der Waals surface area (Å²) in [6, 6.07) is 5.17. The summed E-state index contributed by atoms with van der Waals surface area (Å²) in [6.07, 6.45) is 1.83. The van der Waals surface area contributed by atoms with E-state index in [-0.39, 0.29) is 12.5 Å². The van der Waals surface area contributed by atoms with Crippen molar-refractivity contribution in [3.05, 3.63) is 23.8 Å². The third kappa shape index (κ3) is 2.46. The Hall–Kier alpha value is -1.60. The van der Waals surface area contributed by atoms with Crippen LogP contribution in [0.2, 0.25) is 0 Å². The number of amides is 1. The quantitative estimate of drug-likeness (QED) is 0.802. The van der Waals surface area contributed by atoms with Crippen LogP contribution < -0.4 is 15.4 Å². The van der Waals surface area contributed by atoms with Gasteiger partial charge in [-0.25, -0.2) is 8.42 Å². The van der Waals surface area contributed by atoms with E-state index in [9.17, 15) is 13.2 Å². The SMILES string of the molecule is CS(=O)(=O)N1CCc2cc(NC(=O)CN)ccc21. The molecule has 0 saturated heterocycles. The van der Waals surface area contributed by atoms with E-state index in [2.05, 4.69) is 5.32 Å². The largest absolute Gasteiger partial charge is 0.325 e. The second-order valence-electron chi connectivity index (χ2n) is 4.18. The van der Waals surface area contributed by atoms with E-state index in [0.717, 1.165) is 5.56 Å². The number of benzene rings is 1. The molecule has 0 aromatic heterocycles. The number of rotatable bonds is 3. The number of anilines is 2. The van der Waals surface area contributed by atoms with Crippen molar-refractivity contribution in [2.75, 3.05) is 29.0 Å². The molecule has 6 nitrogen and oxygen atoms in total. The third-order valence-electron chi connectivity index (χ3n) is 2.80. The van der Waals surface area contributed by atoms with Crippen LogP contribution in [0.25, 0.3) is 0 Å². The van der Waals surface area contributed by atoms with E-state index >= 15 is 0 Å². The molecule has 7 heteroatoms. The molecule has 1 aliphatic rings. The average Bonchev–Trinajstić information content (AvgIpc) is 2.71. The molecular formula is C11H15N3O3S. The summed E-state index contributed by atoms with van der Waals surface area (Å²) < 4.78 is 24.5. The number of nitrogens with two attached hydrogens (primary N) is 1. The van der Waals surface area contributed by atoms with Gasteiger partial charge in [0.05, 0.1) is 18.5 Å². The fourth-order valence-electron chi connectivity index (χ4n) is 2.01. The number of sulfonamides is 1. The zero-order valence-electron chi connectivity index (χ0n) is 10.0. The van der Waals surface area contributed by atoms with Crippen LogP contribution in [0.3, 0.4) is 0 Å². The predicted molar refractivity (Wildman–Crippen MR) is 70.0 cm³/mol. The van der Waals surface area contributed by atoms with Gasteiger partial charge in [-0.05, 0) is 30.2 Å². The zero-order valence-corrected chi connectivity index (χ0v) is 10.8. The summed E-state index contributed by atoms with van der Waals surface area (Å²) in [5.74, 6) is -0.270. The normalized spacial score (nSPS) is 14.4. The van der Waals surface area contributed by atoms with Gasteiger partial charge in [-0.1, -0.05) is 0 Å². The fraction of sp³-hybridized carbons (Fsp3) is 0.364. The molecule has 1 aliphatic heterocycles. The molecule has 0 unspecified atom stereocenters. The first-order valence-electron chi connectivity index (χ1n) is 5.52. The number of hydrogen-bond acceptors (Lipinski definition) is 4. The number of fused-ring (bicyclic) bond motifs is 1. The number of nitrogens with one attached hydrogen (secondary N) is 1. The summed E-state index contributed by atoms with van der Waals surface area (Å²) in [5.41, 5.74) is 7.45. The highest BCUT2D eigenvalue weighted by atomic mass is 32.2. The minimum absolute atomic E-state index is 0.0768. The first-order chi connectivity index (χ1) is 8.41. The van der Waals surface area contributed by atoms with Gasteiger partial charge >= 0.3 is 0 Å². The Labute approximate surface area is 106 Å². The number of hydrogen-bond donors (Lipinski definition) is 2. The molecule has 1 heterocycles. The van der Waals surface area contributed by atoms with Gasteiger partial charge in [0.15, 0.2) is 0 Å². The molecule has 0 saturated carbocycles. The highest BCUT2D eigenvalue weighted by Crippen LogP contribution is 2.31.